The molecule has 1 heterocycles. The monoisotopic (exact) mass is 379 g/mol. The van der Waals surface area contributed by atoms with Gasteiger partial charge in [-0.2, -0.15) is 13.2 Å². The molecule has 0 spiro atoms. The maximum Gasteiger partial charge on any atom is 0.393 e. The quantitative estimate of drug-likeness (QED) is 0.793. The average Bonchev–Trinajstić information content (AvgIpc) is 2.48. The molecule has 122 valence electrons. The van der Waals surface area contributed by atoms with Crippen molar-refractivity contribution in [1.29, 1.82) is 0 Å². The summed E-state index contributed by atoms with van der Waals surface area (Å²) in [7, 11) is 1.54. The number of carbonyl (C=O) groups is 1. The molecule has 0 aliphatic carbocycles. The molecule has 1 aromatic rings. The molecule has 1 saturated heterocycles. The van der Waals surface area contributed by atoms with E-state index in [-0.39, 0.29) is 18.9 Å². The molecular formula is C15H17BrF3NO2. The first kappa shape index (κ1) is 17.3. The van der Waals surface area contributed by atoms with Crippen LogP contribution in [-0.4, -0.2) is 37.2 Å². The number of benzene rings is 1. The van der Waals surface area contributed by atoms with Crippen molar-refractivity contribution >= 4 is 21.8 Å². The zero-order valence-corrected chi connectivity index (χ0v) is 13.7. The number of ether oxygens (including phenoxy) is 1. The predicted octanol–water partition coefficient (Wildman–Crippen LogP) is 4.01. The Kier molecular flexibility index (Phi) is 5.50. The summed E-state index contributed by atoms with van der Waals surface area (Å²) in [4.78, 5) is 13.7. The molecule has 0 N–H and O–H groups in total. The van der Waals surface area contributed by atoms with Gasteiger partial charge >= 0.3 is 6.18 Å². The maximum atomic E-state index is 12.8. The fraction of sp³-hybridized carbons (Fsp3) is 0.533. The normalized spacial score (nSPS) is 19.3. The van der Waals surface area contributed by atoms with Crippen LogP contribution in [0.2, 0.25) is 0 Å². The third kappa shape index (κ3) is 4.01. The second kappa shape index (κ2) is 7.00. The molecule has 0 aromatic heterocycles. The Morgan fingerprint density at radius 1 is 1.45 bits per heavy atom. The second-order valence-corrected chi connectivity index (χ2v) is 6.23. The lowest BCUT2D eigenvalue weighted by Gasteiger charge is -2.33. The van der Waals surface area contributed by atoms with Crippen molar-refractivity contribution in [3.63, 3.8) is 0 Å². The number of carbonyl (C=O) groups excluding carboxylic acids is 1. The largest absolute Gasteiger partial charge is 0.393 e. The molecule has 3 nitrogen and oxygen atoms in total. The van der Waals surface area contributed by atoms with Gasteiger partial charge in [0.15, 0.2) is 0 Å². The molecule has 1 amide bonds. The van der Waals surface area contributed by atoms with Crippen molar-refractivity contribution in [3.05, 3.63) is 33.8 Å². The number of piperidine rings is 1. The summed E-state index contributed by atoms with van der Waals surface area (Å²) in [5.74, 6) is -1.79. The Labute approximate surface area is 135 Å². The van der Waals surface area contributed by atoms with Gasteiger partial charge in [0.2, 0.25) is 0 Å². The third-order valence-corrected chi connectivity index (χ3v) is 4.54. The SMILES string of the molecule is COCc1cc(C(=O)N2CCCC(C(F)(F)F)C2)ccc1Br. The van der Waals surface area contributed by atoms with Crippen molar-refractivity contribution < 1.29 is 22.7 Å². The first-order valence-corrected chi connectivity index (χ1v) is 7.75. The maximum absolute atomic E-state index is 12.8. The molecule has 1 aromatic carbocycles. The van der Waals surface area contributed by atoms with Gasteiger partial charge in [-0.05, 0) is 36.6 Å². The molecule has 22 heavy (non-hydrogen) atoms. The van der Waals surface area contributed by atoms with E-state index in [1.165, 1.54) is 4.90 Å². The van der Waals surface area contributed by atoms with Gasteiger partial charge in [-0.3, -0.25) is 4.79 Å². The number of hydrogen-bond donors (Lipinski definition) is 0. The second-order valence-electron chi connectivity index (χ2n) is 5.37. The van der Waals surface area contributed by atoms with E-state index in [1.54, 1.807) is 25.3 Å². The van der Waals surface area contributed by atoms with Gasteiger partial charge in [-0.25, -0.2) is 0 Å². The van der Waals surface area contributed by atoms with Gasteiger partial charge < -0.3 is 9.64 Å². The minimum absolute atomic E-state index is 0.0859. The van der Waals surface area contributed by atoms with Crippen LogP contribution in [-0.2, 0) is 11.3 Å². The van der Waals surface area contributed by atoms with Crippen LogP contribution in [0, 0.1) is 5.92 Å². The first-order chi connectivity index (χ1) is 10.3. The van der Waals surface area contributed by atoms with E-state index >= 15 is 0 Å². The van der Waals surface area contributed by atoms with Gasteiger partial charge in [0.1, 0.15) is 0 Å². The van der Waals surface area contributed by atoms with Crippen molar-refractivity contribution in [2.75, 3.05) is 20.2 Å². The molecule has 1 fully saturated rings. The molecule has 0 saturated carbocycles. The lowest BCUT2D eigenvalue weighted by atomic mass is 9.96. The topological polar surface area (TPSA) is 29.5 Å². The fourth-order valence-electron chi connectivity index (χ4n) is 2.59. The molecule has 7 heteroatoms. The molecule has 1 aliphatic heterocycles. The predicted molar refractivity (Wildman–Crippen MR) is 79.5 cm³/mol. The summed E-state index contributed by atoms with van der Waals surface area (Å²) in [6, 6.07) is 4.99. The first-order valence-electron chi connectivity index (χ1n) is 6.96. The van der Waals surface area contributed by atoms with Crippen LogP contribution in [0.25, 0.3) is 0 Å². The van der Waals surface area contributed by atoms with E-state index in [2.05, 4.69) is 15.9 Å². The number of nitrogens with zero attached hydrogens (tertiary/aromatic N) is 1. The highest BCUT2D eigenvalue weighted by molar-refractivity contribution is 9.10. The number of rotatable bonds is 3. The number of halogens is 4. The highest BCUT2D eigenvalue weighted by Gasteiger charge is 2.42. The Morgan fingerprint density at radius 2 is 2.18 bits per heavy atom. The van der Waals surface area contributed by atoms with E-state index in [0.29, 0.717) is 25.1 Å². The van der Waals surface area contributed by atoms with E-state index in [0.717, 1.165) is 10.0 Å². The van der Waals surface area contributed by atoms with Crippen molar-refractivity contribution in [2.24, 2.45) is 5.92 Å². The van der Waals surface area contributed by atoms with Gasteiger partial charge in [0.05, 0.1) is 12.5 Å². The molecule has 1 aliphatic rings. The Bertz CT molecular complexity index is 548. The Balaban J connectivity index is 2.15. The number of hydrogen-bond acceptors (Lipinski definition) is 2. The summed E-state index contributed by atoms with van der Waals surface area (Å²) in [6.45, 7) is 0.423. The summed E-state index contributed by atoms with van der Waals surface area (Å²) in [5.41, 5.74) is 1.18. The van der Waals surface area contributed by atoms with Crippen molar-refractivity contribution in [3.8, 4) is 0 Å². The van der Waals surface area contributed by atoms with Crippen LogP contribution >= 0.6 is 15.9 Å². The van der Waals surface area contributed by atoms with Crippen LogP contribution in [0.1, 0.15) is 28.8 Å². The lowest BCUT2D eigenvalue weighted by molar-refractivity contribution is -0.184. The van der Waals surface area contributed by atoms with Crippen LogP contribution in [0.15, 0.2) is 22.7 Å². The third-order valence-electron chi connectivity index (χ3n) is 3.76. The van der Waals surface area contributed by atoms with Crippen LogP contribution in [0.4, 0.5) is 13.2 Å². The molecular weight excluding hydrogens is 363 g/mol. The summed E-state index contributed by atoms with van der Waals surface area (Å²) < 4.78 is 44.4. The fourth-order valence-corrected chi connectivity index (χ4v) is 2.95. The summed E-state index contributed by atoms with van der Waals surface area (Å²) in [6.07, 6.45) is -3.79. The summed E-state index contributed by atoms with van der Waals surface area (Å²) in [5, 5.41) is 0. The lowest BCUT2D eigenvalue weighted by Crippen LogP contribution is -2.44. The van der Waals surface area contributed by atoms with Gasteiger partial charge in [0.25, 0.3) is 5.91 Å². The number of alkyl halides is 3. The number of likely N-dealkylation sites (tertiary alicyclic amines) is 1. The molecule has 2 rings (SSSR count). The molecule has 0 bridgehead atoms. The van der Waals surface area contributed by atoms with Gasteiger partial charge in [0, 0.05) is 30.2 Å². The van der Waals surface area contributed by atoms with Crippen LogP contribution in [0.3, 0.4) is 0 Å². The minimum Gasteiger partial charge on any atom is -0.380 e. The minimum atomic E-state index is -4.25. The van der Waals surface area contributed by atoms with Crippen LogP contribution < -0.4 is 0 Å². The zero-order valence-electron chi connectivity index (χ0n) is 12.1. The Hall–Kier alpha value is -1.08. The highest BCUT2D eigenvalue weighted by atomic mass is 79.9. The Morgan fingerprint density at radius 3 is 2.82 bits per heavy atom. The molecule has 1 unspecified atom stereocenters. The summed E-state index contributed by atoms with van der Waals surface area (Å²) >= 11 is 3.36. The van der Waals surface area contributed by atoms with Crippen molar-refractivity contribution in [2.45, 2.75) is 25.6 Å². The van der Waals surface area contributed by atoms with Crippen LogP contribution in [0.5, 0.6) is 0 Å². The highest BCUT2D eigenvalue weighted by Crippen LogP contribution is 2.33. The van der Waals surface area contributed by atoms with Gasteiger partial charge in [-0.1, -0.05) is 15.9 Å². The molecule has 0 radical (unpaired) electrons. The van der Waals surface area contributed by atoms with E-state index in [9.17, 15) is 18.0 Å². The molecule has 1 atom stereocenters. The van der Waals surface area contributed by atoms with Gasteiger partial charge in [-0.15, -0.1) is 0 Å². The number of methoxy groups -OCH3 is 1. The smallest absolute Gasteiger partial charge is 0.380 e. The zero-order chi connectivity index (χ0) is 16.3. The van der Waals surface area contributed by atoms with E-state index in [4.69, 9.17) is 4.74 Å². The van der Waals surface area contributed by atoms with E-state index < -0.39 is 12.1 Å². The number of amides is 1. The van der Waals surface area contributed by atoms with E-state index in [1.807, 2.05) is 0 Å². The standard InChI is InChI=1S/C15H17BrF3NO2/c1-22-9-11-7-10(4-5-13(11)16)14(21)20-6-2-3-12(8-20)15(17,18)19/h4-5,7,12H,2-3,6,8-9H2,1H3. The average molecular weight is 380 g/mol. The van der Waals surface area contributed by atoms with Crippen molar-refractivity contribution in [1.82, 2.24) is 4.90 Å².